The Morgan fingerprint density at radius 3 is 2.59 bits per heavy atom. The summed E-state index contributed by atoms with van der Waals surface area (Å²) in [6.07, 6.45) is 3.58. The Balaban J connectivity index is 0.00000364. The van der Waals surface area contributed by atoms with E-state index in [1.165, 1.54) is 31.5 Å². The fourth-order valence-electron chi connectivity index (χ4n) is 3.40. The van der Waals surface area contributed by atoms with Gasteiger partial charge in [0.2, 0.25) is 0 Å². The summed E-state index contributed by atoms with van der Waals surface area (Å²) < 4.78 is 10.6. The van der Waals surface area contributed by atoms with Gasteiger partial charge in [-0.25, -0.2) is 0 Å². The summed E-state index contributed by atoms with van der Waals surface area (Å²) in [6.45, 7) is 7.58. The Kier molecular flexibility index (Phi) is 11.5. The lowest BCUT2D eigenvalue weighted by Crippen LogP contribution is -2.44. The highest BCUT2D eigenvalue weighted by molar-refractivity contribution is 14.0. The average Bonchev–Trinajstić information content (AvgIpc) is 2.66. The maximum absolute atomic E-state index is 5.36. The molecule has 1 fully saturated rings. The first-order valence-corrected chi connectivity index (χ1v) is 9.54. The zero-order valence-corrected chi connectivity index (χ0v) is 19.4. The van der Waals surface area contributed by atoms with Gasteiger partial charge in [0, 0.05) is 33.2 Å². The van der Waals surface area contributed by atoms with E-state index < -0.39 is 0 Å². The van der Waals surface area contributed by atoms with Gasteiger partial charge in [-0.1, -0.05) is 13.0 Å². The number of halogens is 1. The van der Waals surface area contributed by atoms with Crippen LogP contribution in [0.4, 0.5) is 0 Å². The van der Waals surface area contributed by atoms with Gasteiger partial charge in [0.1, 0.15) is 0 Å². The SMILES string of the molecule is CN=C(NCCc1ccc(OC)c(OC)c1)NCCN1CCCC(C)C1.I. The Hall–Kier alpha value is -1.22. The van der Waals surface area contributed by atoms with E-state index in [2.05, 4.69) is 33.5 Å². The number of guanidine groups is 1. The minimum atomic E-state index is 0. The summed E-state index contributed by atoms with van der Waals surface area (Å²) in [5.41, 5.74) is 1.20. The molecule has 1 aliphatic heterocycles. The van der Waals surface area contributed by atoms with Crippen LogP contribution in [0, 0.1) is 5.92 Å². The van der Waals surface area contributed by atoms with Crippen LogP contribution in [0.3, 0.4) is 0 Å². The number of hydrogen-bond acceptors (Lipinski definition) is 4. The van der Waals surface area contributed by atoms with Crippen LogP contribution in [0.15, 0.2) is 23.2 Å². The first kappa shape index (κ1) is 23.8. The Morgan fingerprint density at radius 2 is 1.93 bits per heavy atom. The van der Waals surface area contributed by atoms with Crippen LogP contribution in [-0.4, -0.2) is 64.9 Å². The molecule has 2 rings (SSSR count). The number of nitrogens with one attached hydrogen (secondary N) is 2. The number of methoxy groups -OCH3 is 2. The standard InChI is InChI=1S/C20H34N4O2.HI/c1-16-6-5-12-24(15-16)13-11-23-20(21-2)22-10-9-17-7-8-18(25-3)19(14-17)26-4;/h7-8,14,16H,5-6,9-13,15H2,1-4H3,(H2,21,22,23);1H. The smallest absolute Gasteiger partial charge is 0.191 e. The van der Waals surface area contributed by atoms with Crippen LogP contribution in [0.25, 0.3) is 0 Å². The van der Waals surface area contributed by atoms with Gasteiger partial charge in [0.05, 0.1) is 14.2 Å². The third-order valence-corrected chi connectivity index (χ3v) is 4.84. The number of nitrogens with zero attached hydrogens (tertiary/aromatic N) is 2. The second kappa shape index (κ2) is 13.0. The molecule has 27 heavy (non-hydrogen) atoms. The van der Waals surface area contributed by atoms with Crippen LogP contribution in [0.1, 0.15) is 25.3 Å². The molecular formula is C20H35IN4O2. The minimum Gasteiger partial charge on any atom is -0.493 e. The molecule has 1 aliphatic rings. The van der Waals surface area contributed by atoms with E-state index in [1.807, 2.05) is 19.2 Å². The molecule has 1 aromatic rings. The van der Waals surface area contributed by atoms with Gasteiger partial charge in [-0.3, -0.25) is 4.99 Å². The molecule has 0 aromatic heterocycles. The molecule has 7 heteroatoms. The molecule has 0 aliphatic carbocycles. The van der Waals surface area contributed by atoms with E-state index in [0.717, 1.165) is 49.4 Å². The van der Waals surface area contributed by atoms with Crippen molar-refractivity contribution in [3.63, 3.8) is 0 Å². The third-order valence-electron chi connectivity index (χ3n) is 4.84. The molecule has 6 nitrogen and oxygen atoms in total. The van der Waals surface area contributed by atoms with Crippen LogP contribution < -0.4 is 20.1 Å². The first-order valence-electron chi connectivity index (χ1n) is 9.54. The molecular weight excluding hydrogens is 455 g/mol. The fraction of sp³-hybridized carbons (Fsp3) is 0.650. The molecule has 1 unspecified atom stereocenters. The largest absolute Gasteiger partial charge is 0.493 e. The number of rotatable bonds is 8. The summed E-state index contributed by atoms with van der Waals surface area (Å²) >= 11 is 0. The Labute approximate surface area is 181 Å². The van der Waals surface area contributed by atoms with Crippen molar-refractivity contribution >= 4 is 29.9 Å². The topological polar surface area (TPSA) is 58.1 Å². The predicted molar refractivity (Wildman–Crippen MR) is 123 cm³/mol. The molecule has 1 aromatic carbocycles. The van der Waals surface area contributed by atoms with Crippen LogP contribution in [-0.2, 0) is 6.42 Å². The molecule has 0 bridgehead atoms. The highest BCUT2D eigenvalue weighted by atomic mass is 127. The van der Waals surface area contributed by atoms with Crippen molar-refractivity contribution in [3.8, 4) is 11.5 Å². The molecule has 1 saturated heterocycles. The summed E-state index contributed by atoms with van der Waals surface area (Å²) in [4.78, 5) is 6.85. The van der Waals surface area contributed by atoms with Gasteiger partial charge >= 0.3 is 0 Å². The highest BCUT2D eigenvalue weighted by Crippen LogP contribution is 2.27. The molecule has 0 radical (unpaired) electrons. The third kappa shape index (κ3) is 8.13. The van der Waals surface area contributed by atoms with E-state index in [9.17, 15) is 0 Å². The lowest BCUT2D eigenvalue weighted by Gasteiger charge is -2.30. The quantitative estimate of drug-likeness (QED) is 0.334. The Bertz CT molecular complexity index is 583. The maximum Gasteiger partial charge on any atom is 0.191 e. The second-order valence-electron chi connectivity index (χ2n) is 6.91. The average molecular weight is 490 g/mol. The van der Waals surface area contributed by atoms with Crippen molar-refractivity contribution in [2.24, 2.45) is 10.9 Å². The number of ether oxygens (including phenoxy) is 2. The van der Waals surface area contributed by atoms with Gasteiger partial charge in [-0.2, -0.15) is 0 Å². The zero-order chi connectivity index (χ0) is 18.8. The number of hydrogen-bond donors (Lipinski definition) is 2. The summed E-state index contributed by atoms with van der Waals surface area (Å²) in [5.74, 6) is 3.20. The molecule has 2 N–H and O–H groups in total. The normalized spacial score (nSPS) is 17.8. The lowest BCUT2D eigenvalue weighted by atomic mass is 10.0. The molecule has 0 saturated carbocycles. The summed E-state index contributed by atoms with van der Waals surface area (Å²) in [7, 11) is 5.13. The van der Waals surface area contributed by atoms with Crippen molar-refractivity contribution in [2.45, 2.75) is 26.2 Å². The van der Waals surface area contributed by atoms with E-state index in [0.29, 0.717) is 0 Å². The van der Waals surface area contributed by atoms with E-state index >= 15 is 0 Å². The predicted octanol–water partition coefficient (Wildman–Crippen LogP) is 2.76. The van der Waals surface area contributed by atoms with Crippen LogP contribution in [0.5, 0.6) is 11.5 Å². The lowest BCUT2D eigenvalue weighted by molar-refractivity contribution is 0.187. The molecule has 0 spiro atoms. The first-order chi connectivity index (χ1) is 12.7. The molecule has 1 heterocycles. The van der Waals surface area contributed by atoms with Crippen molar-refractivity contribution < 1.29 is 9.47 Å². The van der Waals surface area contributed by atoms with Crippen molar-refractivity contribution in [1.82, 2.24) is 15.5 Å². The maximum atomic E-state index is 5.36. The van der Waals surface area contributed by atoms with Crippen molar-refractivity contribution in [2.75, 3.05) is 54.0 Å². The number of likely N-dealkylation sites (tertiary alicyclic amines) is 1. The molecule has 0 amide bonds. The monoisotopic (exact) mass is 490 g/mol. The van der Waals surface area contributed by atoms with Crippen molar-refractivity contribution in [1.29, 1.82) is 0 Å². The van der Waals surface area contributed by atoms with Gasteiger partial charge in [-0.15, -0.1) is 24.0 Å². The van der Waals surface area contributed by atoms with Crippen LogP contribution >= 0.6 is 24.0 Å². The summed E-state index contributed by atoms with van der Waals surface area (Å²) in [5, 5.41) is 6.79. The zero-order valence-electron chi connectivity index (χ0n) is 17.1. The minimum absolute atomic E-state index is 0. The van der Waals surface area contributed by atoms with Gasteiger partial charge in [0.25, 0.3) is 0 Å². The number of piperidine rings is 1. The highest BCUT2D eigenvalue weighted by Gasteiger charge is 2.15. The summed E-state index contributed by atoms with van der Waals surface area (Å²) in [6, 6.07) is 6.03. The second-order valence-corrected chi connectivity index (χ2v) is 6.91. The molecule has 1 atom stereocenters. The van der Waals surface area contributed by atoms with E-state index in [4.69, 9.17) is 9.47 Å². The number of aliphatic imine (C=N–C) groups is 1. The fourth-order valence-corrected chi connectivity index (χ4v) is 3.40. The van der Waals surface area contributed by atoms with Crippen LogP contribution in [0.2, 0.25) is 0 Å². The van der Waals surface area contributed by atoms with Crippen molar-refractivity contribution in [3.05, 3.63) is 23.8 Å². The molecule has 154 valence electrons. The van der Waals surface area contributed by atoms with Gasteiger partial charge in [0.15, 0.2) is 17.5 Å². The Morgan fingerprint density at radius 1 is 1.19 bits per heavy atom. The number of benzene rings is 1. The van der Waals surface area contributed by atoms with Gasteiger partial charge < -0.3 is 25.0 Å². The van der Waals surface area contributed by atoms with E-state index in [-0.39, 0.29) is 24.0 Å². The van der Waals surface area contributed by atoms with Gasteiger partial charge in [-0.05, 0) is 49.4 Å². The van der Waals surface area contributed by atoms with E-state index in [1.54, 1.807) is 14.2 Å².